The van der Waals surface area contributed by atoms with E-state index in [1.54, 1.807) is 20.8 Å². The number of carbonyl (C=O) groups excluding carboxylic acids is 12. The van der Waals surface area contributed by atoms with E-state index in [1.165, 1.54) is 187 Å². The Labute approximate surface area is 899 Å². The molecule has 40 nitrogen and oxygen atoms in total. The number of carbonyl (C=O) groups is 12. The molecule has 0 aromatic heterocycles. The van der Waals surface area contributed by atoms with Gasteiger partial charge in [-0.1, -0.05) is 285 Å². The Hall–Kier alpha value is -3.83. The maximum Gasteiger partial charge on any atom is 1.00 e. The molecule has 0 rings (SSSR count). The van der Waals surface area contributed by atoms with Crippen LogP contribution in [0.5, 0.6) is 0 Å². The van der Waals surface area contributed by atoms with Crippen molar-refractivity contribution < 1.29 is 278 Å². The van der Waals surface area contributed by atoms with Crippen molar-refractivity contribution in [1.29, 1.82) is 0 Å². The molecule has 0 fully saturated rings. The molecule has 804 valence electrons. The topological polar surface area (TPSA) is 528 Å². The van der Waals surface area contributed by atoms with Gasteiger partial charge in [-0.2, -0.15) is 0 Å². The zero-order valence-electron chi connectivity index (χ0n) is 87.4. The molecule has 0 amide bonds. The summed E-state index contributed by atoms with van der Waals surface area (Å²) in [7, 11) is -15.1. The second-order valence-corrected chi connectivity index (χ2v) is 37.0. The zero-order valence-corrected chi connectivity index (χ0v) is 96.1. The molecule has 46 heteroatoms. The van der Waals surface area contributed by atoms with E-state index in [2.05, 4.69) is 41.9 Å². The SMILES string of the molecule is CCCCCCCCCCCCCC(=O)OC[C@H](COP(=O)([O-])OCC(COC(=O)OCC)OC(=O)OCC)OC(=O)CCCCCCCCCCCCC.CCCCCCCCCCCCCC(=O)O[C@H](COC(C)=O)COP(=O)([O-])OCC(COC(=O)OCC)OC(=O)OCC.CCCCCCCCCCCCCC(=O)O[C@H](COC(C)=O)COP(=O)([O-])OCC(COC(C)=O)OC(C)=O.[Na+].[Na+].[Na+]. The Morgan fingerprint density at radius 3 is 0.564 bits per heavy atom. The van der Waals surface area contributed by atoms with Crippen LogP contribution >= 0.6 is 23.5 Å². The molecule has 6 unspecified atom stereocenters. The Bertz CT molecular complexity index is 3260. The predicted molar refractivity (Wildman–Crippen MR) is 499 cm³/mol. The third kappa shape index (κ3) is 106. The van der Waals surface area contributed by atoms with Crippen molar-refractivity contribution >= 4 is 95.8 Å². The first-order valence-electron chi connectivity index (χ1n) is 49.9. The maximum atomic E-state index is 12.7. The van der Waals surface area contributed by atoms with E-state index >= 15 is 0 Å². The zero-order chi connectivity index (χ0) is 103. The van der Waals surface area contributed by atoms with E-state index in [1.807, 2.05) is 0 Å². The number of unbranched alkanes of at least 4 members (excludes halogenated alkanes) is 40. The van der Waals surface area contributed by atoms with E-state index in [0.29, 0.717) is 25.7 Å². The molecule has 0 radical (unpaired) electrons. The van der Waals surface area contributed by atoms with E-state index in [4.69, 9.17) is 88.7 Å². The van der Waals surface area contributed by atoms with Gasteiger partial charge in [0, 0.05) is 53.4 Å². The molecule has 0 aromatic rings. The number of hydrogen-bond donors (Lipinski definition) is 0. The number of ether oxygens (including phenoxy) is 16. The van der Waals surface area contributed by atoms with Crippen LogP contribution in [0.25, 0.3) is 0 Å². The maximum absolute atomic E-state index is 12.7. The molecular weight excluding hydrogens is 1930 g/mol. The van der Waals surface area contributed by atoms with Gasteiger partial charge in [-0.3, -0.25) is 52.1 Å². The number of rotatable bonds is 88. The summed E-state index contributed by atoms with van der Waals surface area (Å²) in [4.78, 5) is 178. The summed E-state index contributed by atoms with van der Waals surface area (Å²) in [6.07, 6.45) is 38.3. The fourth-order valence-corrected chi connectivity index (χ4v) is 15.0. The monoisotopic (exact) mass is 2100 g/mol. The van der Waals surface area contributed by atoms with Gasteiger partial charge in [-0.15, -0.1) is 0 Å². The summed E-state index contributed by atoms with van der Waals surface area (Å²) in [6, 6.07) is 0. The molecule has 0 aliphatic heterocycles. The Balaban J connectivity index is -0.000000484. The number of esters is 8. The average molecular weight is 2100 g/mol. The van der Waals surface area contributed by atoms with Crippen molar-refractivity contribution in [2.24, 2.45) is 0 Å². The Morgan fingerprint density at radius 1 is 0.193 bits per heavy atom. The number of phosphoric acid groups is 3. The molecule has 0 saturated carbocycles. The van der Waals surface area contributed by atoms with E-state index < -0.39 is 212 Å². The van der Waals surface area contributed by atoms with Gasteiger partial charge in [-0.25, -0.2) is 19.2 Å². The van der Waals surface area contributed by atoms with E-state index in [0.717, 1.165) is 105 Å². The normalized spacial score (nSPS) is 13.4. The minimum absolute atomic E-state index is 0. The molecular formula is C94H170Na3O40P3. The van der Waals surface area contributed by atoms with Crippen LogP contribution in [0.2, 0.25) is 0 Å². The van der Waals surface area contributed by atoms with Crippen LogP contribution in [-0.4, -0.2) is 215 Å². The molecule has 0 aliphatic carbocycles. The molecule has 0 bridgehead atoms. The van der Waals surface area contributed by atoms with Crippen LogP contribution in [0.4, 0.5) is 19.2 Å². The minimum Gasteiger partial charge on any atom is -0.756 e. The van der Waals surface area contributed by atoms with Gasteiger partial charge >= 0.3 is 161 Å². The molecule has 0 aliphatic rings. The van der Waals surface area contributed by atoms with E-state index in [-0.39, 0.29) is 141 Å². The third-order valence-electron chi connectivity index (χ3n) is 19.9. The third-order valence-corrected chi connectivity index (χ3v) is 22.7. The Kier molecular flexibility index (Phi) is 107. The van der Waals surface area contributed by atoms with Crippen molar-refractivity contribution in [2.45, 2.75) is 428 Å². The molecule has 0 heterocycles. The predicted octanol–water partition coefficient (Wildman–Crippen LogP) is 10.6. The van der Waals surface area contributed by atoms with Crippen LogP contribution in [0.15, 0.2) is 0 Å². The van der Waals surface area contributed by atoms with Crippen molar-refractivity contribution in [3.8, 4) is 0 Å². The molecule has 9 atom stereocenters. The summed E-state index contributed by atoms with van der Waals surface area (Å²) in [5, 5.41) is 0. The van der Waals surface area contributed by atoms with Crippen molar-refractivity contribution in [1.82, 2.24) is 0 Å². The van der Waals surface area contributed by atoms with Crippen molar-refractivity contribution in [2.75, 3.05) is 106 Å². The fourth-order valence-electron chi connectivity index (χ4n) is 12.7. The van der Waals surface area contributed by atoms with Gasteiger partial charge in [-0.05, 0) is 53.4 Å². The van der Waals surface area contributed by atoms with Crippen molar-refractivity contribution in [3.63, 3.8) is 0 Å². The fraction of sp³-hybridized carbons (Fsp3) is 0.872. The minimum atomic E-state index is -5.08. The van der Waals surface area contributed by atoms with E-state index in [9.17, 15) is 85.9 Å². The quantitative estimate of drug-likeness (QED) is 0.0179. The smallest absolute Gasteiger partial charge is 0.756 e. The van der Waals surface area contributed by atoms with Gasteiger partial charge < -0.3 is 118 Å². The van der Waals surface area contributed by atoms with Gasteiger partial charge in [0.15, 0.2) is 36.6 Å². The van der Waals surface area contributed by atoms with Crippen molar-refractivity contribution in [3.05, 3.63) is 0 Å². The van der Waals surface area contributed by atoms with Crippen LogP contribution in [0.3, 0.4) is 0 Å². The van der Waals surface area contributed by atoms with Gasteiger partial charge in [0.2, 0.25) is 0 Å². The molecule has 0 aromatic carbocycles. The molecule has 0 saturated heterocycles. The summed E-state index contributed by atoms with van der Waals surface area (Å²) >= 11 is 0. The first-order chi connectivity index (χ1) is 65.5. The summed E-state index contributed by atoms with van der Waals surface area (Å²) < 4.78 is 145. The first kappa shape index (κ1) is 147. The van der Waals surface area contributed by atoms with Gasteiger partial charge in [0.25, 0.3) is 23.5 Å². The molecule has 0 N–H and O–H groups in total. The van der Waals surface area contributed by atoms with Crippen LogP contribution in [0, 0.1) is 0 Å². The largest absolute Gasteiger partial charge is 1.00 e. The summed E-state index contributed by atoms with van der Waals surface area (Å²) in [5.41, 5.74) is 0. The summed E-state index contributed by atoms with van der Waals surface area (Å²) in [5.74, 6) is -4.88. The van der Waals surface area contributed by atoms with Gasteiger partial charge in [0.1, 0.15) is 39.6 Å². The number of phosphoric ester groups is 3. The average Bonchev–Trinajstić information content (AvgIpc) is 0.905. The standard InChI is InChI=1S/C40H75O14P.C28H51O14P.C26H47O12P.3Na/c1-5-9-11-13-15-17-19-21-23-25-27-29-37(41)49-31-35(53-38(42)30-28-26-24-22-20-18-16-14-12-10-6-2)33-51-55(45,46)52-34-36(54-40(44)48-8-4)32-50-39(43)47-7-3;1-5-8-9-10-11-12-13-14-15-16-17-18-26(30)41-24(19-37-23(4)29)21-39-43(33,34)40-22-25(42-28(32)36-7-3)20-38-27(31)35-6-2;1-5-6-7-8-9-10-11-12-13-14-15-16-26(30)38-25(18-34-22(3)28)20-36-39(31,32)35-19-24(37-23(4)29)17-33-21(2)27;;;/h35-36H,5-34H2,1-4H3,(H,45,46);24-25H,5-22H2,1-4H3,(H,33,34);24-25H,5-20H2,1-4H3,(H,31,32);;;/q;;;3*+1/p-3/t35-,36?;24-,25?;24?,25-;;;/m111.../s1. The first-order valence-corrected chi connectivity index (χ1v) is 54.3. The van der Waals surface area contributed by atoms with Gasteiger partial charge in [0.05, 0.1) is 66.1 Å². The second kappa shape index (κ2) is 102. The second-order valence-electron chi connectivity index (χ2n) is 32.7. The van der Waals surface area contributed by atoms with Crippen LogP contribution < -0.4 is 103 Å². The Morgan fingerprint density at radius 2 is 0.364 bits per heavy atom. The molecule has 140 heavy (non-hydrogen) atoms. The summed E-state index contributed by atoms with van der Waals surface area (Å²) in [6.45, 7) is 12.5. The van der Waals surface area contributed by atoms with Crippen LogP contribution in [-0.2, 0) is 155 Å². The molecule has 0 spiro atoms. The van der Waals surface area contributed by atoms with Crippen LogP contribution in [0.1, 0.15) is 391 Å². The number of hydrogen-bond acceptors (Lipinski definition) is 40.